The molecule has 0 saturated heterocycles. The number of carbonyl (C=O) groups is 1. The fraction of sp³-hybridized carbons (Fsp3) is 0.312. The second kappa shape index (κ2) is 6.91. The minimum Gasteiger partial charge on any atom is -0.467 e. The van der Waals surface area contributed by atoms with E-state index in [0.717, 1.165) is 16.9 Å². The number of hydrogen-bond donors (Lipinski definition) is 0. The van der Waals surface area contributed by atoms with Crippen LogP contribution in [-0.2, 0) is 11.3 Å². The molecule has 20 heavy (non-hydrogen) atoms. The van der Waals surface area contributed by atoms with E-state index in [1.807, 2.05) is 43.3 Å². The van der Waals surface area contributed by atoms with Crippen LogP contribution in [-0.4, -0.2) is 31.1 Å². The normalized spacial score (nSPS) is 10.5. The fourth-order valence-electron chi connectivity index (χ4n) is 2.03. The summed E-state index contributed by atoms with van der Waals surface area (Å²) in [5.74, 6) is 0.764. The standard InChI is InChI=1S/C16H19NO3/c1-13-6-3-4-8-15(13)16(18)17(9-11-19-2)12-14-7-5-10-20-14/h3-8,10H,9,11-12H2,1-2H3. The highest BCUT2D eigenvalue weighted by molar-refractivity contribution is 5.95. The lowest BCUT2D eigenvalue weighted by Crippen LogP contribution is -2.33. The Labute approximate surface area is 119 Å². The lowest BCUT2D eigenvalue weighted by atomic mass is 10.1. The molecule has 0 unspecified atom stereocenters. The smallest absolute Gasteiger partial charge is 0.254 e. The van der Waals surface area contributed by atoms with Gasteiger partial charge in [0.15, 0.2) is 0 Å². The van der Waals surface area contributed by atoms with Crippen molar-refractivity contribution in [2.75, 3.05) is 20.3 Å². The summed E-state index contributed by atoms with van der Waals surface area (Å²) in [6.07, 6.45) is 1.61. The maximum atomic E-state index is 12.6. The molecular formula is C16H19NO3. The Morgan fingerprint density at radius 1 is 1.25 bits per heavy atom. The lowest BCUT2D eigenvalue weighted by Gasteiger charge is -2.22. The summed E-state index contributed by atoms with van der Waals surface area (Å²) in [4.78, 5) is 14.4. The summed E-state index contributed by atoms with van der Waals surface area (Å²) in [6, 6.07) is 11.3. The molecule has 0 aliphatic rings. The molecule has 2 aromatic rings. The van der Waals surface area contributed by atoms with Crippen molar-refractivity contribution in [2.45, 2.75) is 13.5 Å². The van der Waals surface area contributed by atoms with Crippen molar-refractivity contribution in [2.24, 2.45) is 0 Å². The van der Waals surface area contributed by atoms with E-state index < -0.39 is 0 Å². The molecule has 4 nitrogen and oxygen atoms in total. The third-order valence-corrected chi connectivity index (χ3v) is 3.15. The first-order valence-electron chi connectivity index (χ1n) is 6.58. The van der Waals surface area contributed by atoms with Gasteiger partial charge in [-0.3, -0.25) is 4.79 Å². The molecule has 0 saturated carbocycles. The molecule has 106 valence electrons. The minimum atomic E-state index is -0.00319. The van der Waals surface area contributed by atoms with Gasteiger partial charge < -0.3 is 14.1 Å². The van der Waals surface area contributed by atoms with Crippen molar-refractivity contribution in [3.8, 4) is 0 Å². The number of benzene rings is 1. The van der Waals surface area contributed by atoms with Gasteiger partial charge in [0.1, 0.15) is 5.76 Å². The summed E-state index contributed by atoms with van der Waals surface area (Å²) in [5.41, 5.74) is 1.69. The Balaban J connectivity index is 2.17. The second-order valence-electron chi connectivity index (χ2n) is 4.61. The van der Waals surface area contributed by atoms with Crippen LogP contribution in [0.5, 0.6) is 0 Å². The van der Waals surface area contributed by atoms with Crippen LogP contribution in [0.3, 0.4) is 0 Å². The molecule has 1 aromatic carbocycles. The van der Waals surface area contributed by atoms with Crippen LogP contribution >= 0.6 is 0 Å². The average molecular weight is 273 g/mol. The highest BCUT2D eigenvalue weighted by atomic mass is 16.5. The topological polar surface area (TPSA) is 42.7 Å². The molecule has 0 radical (unpaired) electrons. The van der Waals surface area contributed by atoms with E-state index >= 15 is 0 Å². The van der Waals surface area contributed by atoms with E-state index in [4.69, 9.17) is 9.15 Å². The second-order valence-corrected chi connectivity index (χ2v) is 4.61. The molecule has 2 rings (SSSR count). The van der Waals surface area contributed by atoms with Gasteiger partial charge in [-0.05, 0) is 30.7 Å². The lowest BCUT2D eigenvalue weighted by molar-refractivity contribution is 0.0666. The van der Waals surface area contributed by atoms with Crippen molar-refractivity contribution in [1.82, 2.24) is 4.90 Å². The van der Waals surface area contributed by atoms with Crippen LogP contribution < -0.4 is 0 Å². The number of carbonyl (C=O) groups excluding carboxylic acids is 1. The van der Waals surface area contributed by atoms with Crippen LogP contribution in [0.2, 0.25) is 0 Å². The summed E-state index contributed by atoms with van der Waals surface area (Å²) < 4.78 is 10.4. The highest BCUT2D eigenvalue weighted by Gasteiger charge is 2.18. The number of methoxy groups -OCH3 is 1. The van der Waals surface area contributed by atoms with Gasteiger partial charge >= 0.3 is 0 Å². The number of nitrogens with zero attached hydrogens (tertiary/aromatic N) is 1. The van der Waals surface area contributed by atoms with Crippen molar-refractivity contribution in [3.63, 3.8) is 0 Å². The maximum absolute atomic E-state index is 12.6. The van der Waals surface area contributed by atoms with Crippen molar-refractivity contribution in [3.05, 3.63) is 59.5 Å². The molecule has 1 aromatic heterocycles. The molecule has 1 amide bonds. The largest absolute Gasteiger partial charge is 0.467 e. The first-order chi connectivity index (χ1) is 9.72. The Kier molecular flexibility index (Phi) is 4.96. The van der Waals surface area contributed by atoms with Crippen molar-refractivity contribution < 1.29 is 13.9 Å². The average Bonchev–Trinajstić information content (AvgIpc) is 2.96. The number of ether oxygens (including phenoxy) is 1. The fourth-order valence-corrected chi connectivity index (χ4v) is 2.03. The monoisotopic (exact) mass is 273 g/mol. The molecule has 0 aliphatic heterocycles. The number of rotatable bonds is 6. The van der Waals surface area contributed by atoms with Gasteiger partial charge in [-0.15, -0.1) is 0 Å². The molecular weight excluding hydrogens is 254 g/mol. The Bertz CT molecular complexity index is 549. The van der Waals surface area contributed by atoms with Crippen molar-refractivity contribution in [1.29, 1.82) is 0 Å². The minimum absolute atomic E-state index is 0.00319. The number of aryl methyl sites for hydroxylation is 1. The summed E-state index contributed by atoms with van der Waals surface area (Å²) in [6.45, 7) is 3.42. The third-order valence-electron chi connectivity index (χ3n) is 3.15. The maximum Gasteiger partial charge on any atom is 0.254 e. The van der Waals surface area contributed by atoms with Gasteiger partial charge in [-0.25, -0.2) is 0 Å². The molecule has 0 atom stereocenters. The van der Waals surface area contributed by atoms with Crippen LogP contribution in [0, 0.1) is 6.92 Å². The van der Waals surface area contributed by atoms with Gasteiger partial charge in [-0.2, -0.15) is 0 Å². The van der Waals surface area contributed by atoms with E-state index in [2.05, 4.69) is 0 Å². The van der Waals surface area contributed by atoms with Gasteiger partial charge in [0, 0.05) is 19.2 Å². The van der Waals surface area contributed by atoms with Gasteiger partial charge in [0.25, 0.3) is 5.91 Å². The molecule has 1 heterocycles. The summed E-state index contributed by atoms with van der Waals surface area (Å²) in [7, 11) is 1.63. The molecule has 0 spiro atoms. The molecule has 0 fully saturated rings. The predicted octanol–water partition coefficient (Wildman–Crippen LogP) is 2.88. The molecule has 4 heteroatoms. The van der Waals surface area contributed by atoms with Gasteiger partial charge in [0.05, 0.1) is 19.4 Å². The third kappa shape index (κ3) is 3.48. The highest BCUT2D eigenvalue weighted by Crippen LogP contribution is 2.13. The van der Waals surface area contributed by atoms with E-state index in [1.54, 1.807) is 18.3 Å². The molecule has 0 bridgehead atoms. The van der Waals surface area contributed by atoms with E-state index in [-0.39, 0.29) is 5.91 Å². The van der Waals surface area contributed by atoms with Crippen molar-refractivity contribution >= 4 is 5.91 Å². The first kappa shape index (κ1) is 14.3. The van der Waals surface area contributed by atoms with Crippen LogP contribution in [0.25, 0.3) is 0 Å². The van der Waals surface area contributed by atoms with Crippen LogP contribution in [0.15, 0.2) is 47.1 Å². The zero-order chi connectivity index (χ0) is 14.4. The first-order valence-corrected chi connectivity index (χ1v) is 6.58. The molecule has 0 aliphatic carbocycles. The van der Waals surface area contributed by atoms with Crippen LogP contribution in [0.4, 0.5) is 0 Å². The van der Waals surface area contributed by atoms with E-state index in [1.165, 1.54) is 0 Å². The predicted molar refractivity (Wildman–Crippen MR) is 76.5 cm³/mol. The van der Waals surface area contributed by atoms with E-state index in [0.29, 0.717) is 19.7 Å². The van der Waals surface area contributed by atoms with Gasteiger partial charge in [0.2, 0.25) is 0 Å². The Hall–Kier alpha value is -2.07. The molecule has 0 N–H and O–H groups in total. The van der Waals surface area contributed by atoms with Crippen LogP contribution in [0.1, 0.15) is 21.7 Å². The zero-order valence-electron chi connectivity index (χ0n) is 11.8. The number of hydrogen-bond acceptors (Lipinski definition) is 3. The summed E-state index contributed by atoms with van der Waals surface area (Å²) >= 11 is 0. The zero-order valence-corrected chi connectivity index (χ0v) is 11.8. The Morgan fingerprint density at radius 2 is 2.05 bits per heavy atom. The van der Waals surface area contributed by atoms with E-state index in [9.17, 15) is 4.79 Å². The quantitative estimate of drug-likeness (QED) is 0.812. The SMILES string of the molecule is COCCN(Cc1ccco1)C(=O)c1ccccc1C. The van der Waals surface area contributed by atoms with Gasteiger partial charge in [-0.1, -0.05) is 18.2 Å². The summed E-state index contributed by atoms with van der Waals surface area (Å²) in [5, 5.41) is 0. The number of amides is 1. The Morgan fingerprint density at radius 3 is 2.70 bits per heavy atom. The number of furan rings is 1.